The maximum atomic E-state index is 11.6. The summed E-state index contributed by atoms with van der Waals surface area (Å²) in [5.74, 6) is 0. The summed E-state index contributed by atoms with van der Waals surface area (Å²) < 4.78 is 1.66. The van der Waals surface area contributed by atoms with Gasteiger partial charge in [-0.2, -0.15) is 0 Å². The molecule has 0 amide bonds. The molecule has 68 valence electrons. The van der Waals surface area contributed by atoms with Crippen molar-refractivity contribution >= 4 is 0 Å². The molecule has 1 rings (SSSR count). The third kappa shape index (κ3) is 1.31. The van der Waals surface area contributed by atoms with Crippen molar-refractivity contribution in [2.45, 2.75) is 40.2 Å². The van der Waals surface area contributed by atoms with Crippen LogP contribution in [0.3, 0.4) is 0 Å². The number of nitrogens with one attached hydrogen (secondary N) is 1. The highest BCUT2D eigenvalue weighted by Crippen LogP contribution is 2.10. The number of hydrogen-bond acceptors (Lipinski definition) is 1. The van der Waals surface area contributed by atoms with Crippen molar-refractivity contribution in [3.8, 4) is 0 Å². The molecular weight excluding hydrogens is 152 g/mol. The number of H-pyrrole nitrogens is 1. The number of aromatic amines is 1. The van der Waals surface area contributed by atoms with E-state index in [-0.39, 0.29) is 11.1 Å². The average Bonchev–Trinajstić information content (AvgIpc) is 2.15. The fourth-order valence-electron chi connectivity index (χ4n) is 1.10. The number of aryl methyl sites for hydroxylation is 1. The van der Waals surface area contributed by atoms with Crippen LogP contribution in [0.25, 0.3) is 0 Å². The van der Waals surface area contributed by atoms with E-state index in [0.29, 0.717) is 0 Å². The SMILES string of the molecule is Cc1[nH]n(C(C)(C)C)c(=O)c1C. The van der Waals surface area contributed by atoms with Crippen molar-refractivity contribution in [3.05, 3.63) is 21.6 Å². The standard InChI is InChI=1S/C9H16N2O/c1-6-7(2)10-11(8(6)12)9(3,4)5/h10H,1-5H3. The molecule has 0 aromatic carbocycles. The van der Waals surface area contributed by atoms with Crippen molar-refractivity contribution in [1.82, 2.24) is 9.78 Å². The van der Waals surface area contributed by atoms with E-state index in [9.17, 15) is 4.79 Å². The molecular formula is C9H16N2O. The van der Waals surface area contributed by atoms with Gasteiger partial charge in [0.1, 0.15) is 0 Å². The van der Waals surface area contributed by atoms with Crippen LogP contribution in [0.1, 0.15) is 32.0 Å². The van der Waals surface area contributed by atoms with E-state index in [1.807, 2.05) is 34.6 Å². The number of aromatic nitrogens is 2. The van der Waals surface area contributed by atoms with Crippen LogP contribution in [0.4, 0.5) is 0 Å². The Morgan fingerprint density at radius 1 is 1.25 bits per heavy atom. The highest BCUT2D eigenvalue weighted by atomic mass is 16.1. The zero-order chi connectivity index (χ0) is 9.52. The largest absolute Gasteiger partial charge is 0.299 e. The number of hydrogen-bond donors (Lipinski definition) is 1. The second-order valence-electron chi connectivity index (χ2n) is 4.17. The van der Waals surface area contributed by atoms with Gasteiger partial charge in [-0.05, 0) is 34.6 Å². The molecule has 0 aliphatic carbocycles. The zero-order valence-corrected chi connectivity index (χ0v) is 8.36. The highest BCUT2D eigenvalue weighted by molar-refractivity contribution is 5.13. The van der Waals surface area contributed by atoms with Crippen LogP contribution in [0, 0.1) is 13.8 Å². The second-order valence-corrected chi connectivity index (χ2v) is 4.17. The predicted molar refractivity (Wildman–Crippen MR) is 49.5 cm³/mol. The third-order valence-corrected chi connectivity index (χ3v) is 2.04. The Morgan fingerprint density at radius 2 is 1.75 bits per heavy atom. The van der Waals surface area contributed by atoms with Crippen LogP contribution in [0.2, 0.25) is 0 Å². The first-order valence-corrected chi connectivity index (χ1v) is 4.12. The van der Waals surface area contributed by atoms with Gasteiger partial charge in [0.2, 0.25) is 0 Å². The van der Waals surface area contributed by atoms with Gasteiger partial charge in [-0.3, -0.25) is 9.89 Å². The molecule has 0 saturated carbocycles. The lowest BCUT2D eigenvalue weighted by molar-refractivity contribution is 0.344. The molecule has 12 heavy (non-hydrogen) atoms. The van der Waals surface area contributed by atoms with Crippen molar-refractivity contribution in [2.75, 3.05) is 0 Å². The molecule has 1 heterocycles. The summed E-state index contributed by atoms with van der Waals surface area (Å²) in [5, 5.41) is 3.06. The zero-order valence-electron chi connectivity index (χ0n) is 8.36. The minimum Gasteiger partial charge on any atom is -0.299 e. The molecule has 3 heteroatoms. The Balaban J connectivity index is 3.38. The Hall–Kier alpha value is -0.990. The Labute approximate surface area is 72.4 Å². The van der Waals surface area contributed by atoms with Crippen LogP contribution < -0.4 is 5.56 Å². The molecule has 0 saturated heterocycles. The molecule has 0 aliphatic heterocycles. The van der Waals surface area contributed by atoms with Crippen LogP contribution in [-0.2, 0) is 5.54 Å². The number of rotatable bonds is 0. The molecule has 0 bridgehead atoms. The van der Waals surface area contributed by atoms with Crippen molar-refractivity contribution in [1.29, 1.82) is 0 Å². The molecule has 0 spiro atoms. The van der Waals surface area contributed by atoms with Crippen molar-refractivity contribution < 1.29 is 0 Å². The molecule has 0 atom stereocenters. The Kier molecular flexibility index (Phi) is 1.90. The van der Waals surface area contributed by atoms with E-state index < -0.39 is 0 Å². The highest BCUT2D eigenvalue weighted by Gasteiger charge is 2.18. The normalized spacial score (nSPS) is 12.1. The minimum atomic E-state index is -0.157. The van der Waals surface area contributed by atoms with Gasteiger partial charge in [0.25, 0.3) is 5.56 Å². The minimum absolute atomic E-state index is 0.0833. The lowest BCUT2D eigenvalue weighted by Crippen LogP contribution is -2.32. The van der Waals surface area contributed by atoms with Crippen LogP contribution in [0.15, 0.2) is 4.79 Å². The Morgan fingerprint density at radius 3 is 1.92 bits per heavy atom. The molecule has 1 aromatic rings. The van der Waals surface area contributed by atoms with Gasteiger partial charge in [0, 0.05) is 11.3 Å². The lowest BCUT2D eigenvalue weighted by Gasteiger charge is -2.19. The van der Waals surface area contributed by atoms with Crippen molar-refractivity contribution in [3.63, 3.8) is 0 Å². The summed E-state index contributed by atoms with van der Waals surface area (Å²) in [6.45, 7) is 9.77. The van der Waals surface area contributed by atoms with Crippen molar-refractivity contribution in [2.24, 2.45) is 0 Å². The molecule has 0 unspecified atom stereocenters. The summed E-state index contributed by atoms with van der Waals surface area (Å²) in [7, 11) is 0. The molecule has 0 radical (unpaired) electrons. The van der Waals surface area contributed by atoms with Gasteiger partial charge >= 0.3 is 0 Å². The first-order valence-electron chi connectivity index (χ1n) is 4.12. The molecule has 1 aromatic heterocycles. The van der Waals surface area contributed by atoms with E-state index >= 15 is 0 Å². The summed E-state index contributed by atoms with van der Waals surface area (Å²) in [6.07, 6.45) is 0. The van der Waals surface area contributed by atoms with Gasteiger partial charge < -0.3 is 0 Å². The maximum Gasteiger partial charge on any atom is 0.270 e. The summed E-state index contributed by atoms with van der Waals surface area (Å²) >= 11 is 0. The van der Waals surface area contributed by atoms with Gasteiger partial charge in [0.15, 0.2) is 0 Å². The monoisotopic (exact) mass is 168 g/mol. The summed E-state index contributed by atoms with van der Waals surface area (Å²) in [5.41, 5.74) is 1.69. The average molecular weight is 168 g/mol. The van der Waals surface area contributed by atoms with E-state index in [1.165, 1.54) is 0 Å². The van der Waals surface area contributed by atoms with Crippen LogP contribution >= 0.6 is 0 Å². The summed E-state index contributed by atoms with van der Waals surface area (Å²) in [6, 6.07) is 0. The fraction of sp³-hybridized carbons (Fsp3) is 0.667. The third-order valence-electron chi connectivity index (χ3n) is 2.04. The van der Waals surface area contributed by atoms with Crippen LogP contribution in [-0.4, -0.2) is 9.78 Å². The molecule has 0 fully saturated rings. The van der Waals surface area contributed by atoms with E-state index in [0.717, 1.165) is 11.3 Å². The van der Waals surface area contributed by atoms with Crippen LogP contribution in [0.5, 0.6) is 0 Å². The molecule has 0 aliphatic rings. The lowest BCUT2D eigenvalue weighted by atomic mass is 10.1. The Bertz CT molecular complexity index is 338. The fourth-order valence-corrected chi connectivity index (χ4v) is 1.10. The van der Waals surface area contributed by atoms with E-state index in [1.54, 1.807) is 4.68 Å². The quantitative estimate of drug-likeness (QED) is 0.627. The van der Waals surface area contributed by atoms with Gasteiger partial charge in [-0.1, -0.05) is 0 Å². The van der Waals surface area contributed by atoms with E-state index in [2.05, 4.69) is 5.10 Å². The second kappa shape index (κ2) is 2.51. The summed E-state index contributed by atoms with van der Waals surface area (Å²) in [4.78, 5) is 11.6. The number of nitrogens with zero attached hydrogens (tertiary/aromatic N) is 1. The van der Waals surface area contributed by atoms with Gasteiger partial charge in [-0.25, -0.2) is 4.68 Å². The first kappa shape index (κ1) is 9.10. The predicted octanol–water partition coefficient (Wildman–Crippen LogP) is 1.55. The first-order chi connectivity index (χ1) is 5.34. The van der Waals surface area contributed by atoms with Gasteiger partial charge in [-0.15, -0.1) is 0 Å². The smallest absolute Gasteiger partial charge is 0.270 e. The topological polar surface area (TPSA) is 37.8 Å². The van der Waals surface area contributed by atoms with E-state index in [4.69, 9.17) is 0 Å². The van der Waals surface area contributed by atoms with Gasteiger partial charge in [0.05, 0.1) is 5.54 Å². The maximum absolute atomic E-state index is 11.6. The molecule has 3 nitrogen and oxygen atoms in total. The molecule has 1 N–H and O–H groups in total.